The van der Waals surface area contributed by atoms with Crippen LogP contribution in [0.1, 0.15) is 29.6 Å². The molecule has 5 nitrogen and oxygen atoms in total. The van der Waals surface area contributed by atoms with Gasteiger partial charge in [0, 0.05) is 13.1 Å². The molecule has 0 bridgehead atoms. The summed E-state index contributed by atoms with van der Waals surface area (Å²) in [6, 6.07) is 6.26. The lowest BCUT2D eigenvalue weighted by molar-refractivity contribution is 0.0596. The van der Waals surface area contributed by atoms with Crippen LogP contribution in [-0.2, 0) is 14.8 Å². The number of esters is 1. The molecule has 114 valence electrons. The van der Waals surface area contributed by atoms with Crippen molar-refractivity contribution in [3.8, 4) is 0 Å². The van der Waals surface area contributed by atoms with E-state index in [1.54, 1.807) is 12.1 Å². The topological polar surface area (TPSA) is 63.7 Å². The number of hydrogen-bond acceptors (Lipinski definition) is 4. The normalized spacial score (nSPS) is 25.8. The molecule has 2 aliphatic rings. The number of benzene rings is 1. The molecule has 1 aromatic rings. The van der Waals surface area contributed by atoms with Crippen LogP contribution in [0, 0.1) is 11.8 Å². The second-order valence-electron chi connectivity index (χ2n) is 5.76. The minimum absolute atomic E-state index is 0.0526. The molecule has 6 heteroatoms. The summed E-state index contributed by atoms with van der Waals surface area (Å²) in [4.78, 5) is 11.8. The van der Waals surface area contributed by atoms with Gasteiger partial charge in [-0.15, -0.1) is 0 Å². The van der Waals surface area contributed by atoms with Gasteiger partial charge in [-0.05, 0) is 36.8 Å². The largest absolute Gasteiger partial charge is 0.465 e. The van der Waals surface area contributed by atoms with E-state index < -0.39 is 16.0 Å². The molecule has 1 aliphatic heterocycles. The van der Waals surface area contributed by atoms with Crippen molar-refractivity contribution in [2.24, 2.45) is 11.8 Å². The zero-order chi connectivity index (χ0) is 15.0. The zero-order valence-corrected chi connectivity index (χ0v) is 12.8. The molecule has 0 aromatic heterocycles. The lowest BCUT2D eigenvalue weighted by Crippen LogP contribution is -2.31. The second-order valence-corrected chi connectivity index (χ2v) is 7.67. The molecule has 1 aliphatic carbocycles. The van der Waals surface area contributed by atoms with Crippen molar-refractivity contribution in [3.05, 3.63) is 29.8 Å². The number of nitrogens with zero attached hydrogens (tertiary/aromatic N) is 1. The fourth-order valence-corrected chi connectivity index (χ4v) is 5.23. The van der Waals surface area contributed by atoms with Gasteiger partial charge in [0.2, 0.25) is 10.0 Å². The van der Waals surface area contributed by atoms with E-state index in [1.807, 2.05) is 0 Å². The van der Waals surface area contributed by atoms with Crippen LogP contribution in [0.3, 0.4) is 0 Å². The third-order valence-electron chi connectivity index (χ3n) is 4.60. The van der Waals surface area contributed by atoms with Gasteiger partial charge in [0.1, 0.15) is 0 Å². The van der Waals surface area contributed by atoms with Crippen LogP contribution in [0.4, 0.5) is 0 Å². The summed E-state index contributed by atoms with van der Waals surface area (Å²) in [5.41, 5.74) is 0.108. The van der Waals surface area contributed by atoms with E-state index >= 15 is 0 Å². The van der Waals surface area contributed by atoms with Gasteiger partial charge in [-0.3, -0.25) is 0 Å². The fourth-order valence-electron chi connectivity index (χ4n) is 3.50. The maximum atomic E-state index is 12.8. The van der Waals surface area contributed by atoms with Gasteiger partial charge in [-0.1, -0.05) is 18.6 Å². The maximum absolute atomic E-state index is 12.8. The molecule has 0 N–H and O–H groups in total. The van der Waals surface area contributed by atoms with E-state index in [0.717, 1.165) is 12.8 Å². The zero-order valence-electron chi connectivity index (χ0n) is 12.0. The van der Waals surface area contributed by atoms with Crippen LogP contribution < -0.4 is 0 Å². The first-order valence-corrected chi connectivity index (χ1v) is 8.65. The highest BCUT2D eigenvalue weighted by atomic mass is 32.2. The third kappa shape index (κ3) is 2.46. The lowest BCUT2D eigenvalue weighted by Gasteiger charge is -2.18. The van der Waals surface area contributed by atoms with Crippen LogP contribution in [0.5, 0.6) is 0 Å². The highest BCUT2D eigenvalue weighted by molar-refractivity contribution is 7.89. The molecule has 0 amide bonds. The number of ether oxygens (including phenoxy) is 1. The molecule has 3 rings (SSSR count). The average Bonchev–Trinajstić information content (AvgIpc) is 3.08. The van der Waals surface area contributed by atoms with Gasteiger partial charge in [0.25, 0.3) is 0 Å². The van der Waals surface area contributed by atoms with Crippen LogP contribution in [-0.4, -0.2) is 38.9 Å². The molecule has 0 radical (unpaired) electrons. The Morgan fingerprint density at radius 1 is 1.19 bits per heavy atom. The van der Waals surface area contributed by atoms with E-state index in [2.05, 4.69) is 4.74 Å². The molecule has 21 heavy (non-hydrogen) atoms. The molecule has 1 saturated carbocycles. The summed E-state index contributed by atoms with van der Waals surface area (Å²) < 4.78 is 31.9. The lowest BCUT2D eigenvalue weighted by atomic mass is 10.0. The summed E-state index contributed by atoms with van der Waals surface area (Å²) in [6.45, 7) is 1.14. The Morgan fingerprint density at radius 2 is 1.81 bits per heavy atom. The predicted molar refractivity (Wildman–Crippen MR) is 77.4 cm³/mol. The smallest absolute Gasteiger partial charge is 0.339 e. The van der Waals surface area contributed by atoms with E-state index in [-0.39, 0.29) is 10.5 Å². The summed E-state index contributed by atoms with van der Waals surface area (Å²) in [7, 11) is -2.38. The summed E-state index contributed by atoms with van der Waals surface area (Å²) in [6.07, 6.45) is 3.41. The summed E-state index contributed by atoms with van der Waals surface area (Å²) in [5.74, 6) is 0.337. The number of carbonyl (C=O) groups excluding carboxylic acids is 1. The van der Waals surface area contributed by atoms with Crippen LogP contribution in [0.15, 0.2) is 29.2 Å². The standard InChI is InChI=1S/C15H19NO4S/c1-20-15(17)13-7-2-3-8-14(13)21(18,19)16-9-11-5-4-6-12(11)10-16/h2-3,7-8,11-12H,4-6,9-10H2,1H3. The highest BCUT2D eigenvalue weighted by Crippen LogP contribution is 2.40. The Kier molecular flexibility index (Phi) is 3.75. The Morgan fingerprint density at radius 3 is 2.43 bits per heavy atom. The number of fused-ring (bicyclic) bond motifs is 1. The van der Waals surface area contributed by atoms with Crippen molar-refractivity contribution < 1.29 is 17.9 Å². The van der Waals surface area contributed by atoms with Crippen molar-refractivity contribution in [2.75, 3.05) is 20.2 Å². The molecule has 1 saturated heterocycles. The van der Waals surface area contributed by atoms with Crippen LogP contribution in [0.2, 0.25) is 0 Å². The molecular weight excluding hydrogens is 290 g/mol. The first-order valence-electron chi connectivity index (χ1n) is 7.21. The molecule has 1 heterocycles. The Hall–Kier alpha value is -1.40. The van der Waals surface area contributed by atoms with Crippen molar-refractivity contribution in [3.63, 3.8) is 0 Å². The third-order valence-corrected chi connectivity index (χ3v) is 6.49. The average molecular weight is 309 g/mol. The van der Waals surface area contributed by atoms with E-state index in [9.17, 15) is 13.2 Å². The maximum Gasteiger partial charge on any atom is 0.339 e. The molecular formula is C15H19NO4S. The van der Waals surface area contributed by atoms with Gasteiger partial charge in [0.05, 0.1) is 17.6 Å². The number of carbonyl (C=O) groups is 1. The predicted octanol–water partition coefficient (Wildman–Crippen LogP) is 1.89. The quantitative estimate of drug-likeness (QED) is 0.800. The van der Waals surface area contributed by atoms with E-state index in [1.165, 1.54) is 30.0 Å². The van der Waals surface area contributed by atoms with Crippen molar-refractivity contribution in [2.45, 2.75) is 24.2 Å². The number of methoxy groups -OCH3 is 1. The minimum Gasteiger partial charge on any atom is -0.465 e. The number of sulfonamides is 1. The second kappa shape index (κ2) is 5.42. The Balaban J connectivity index is 1.94. The Labute approximate surface area is 124 Å². The molecule has 1 aromatic carbocycles. The monoisotopic (exact) mass is 309 g/mol. The van der Waals surface area contributed by atoms with Crippen molar-refractivity contribution in [1.82, 2.24) is 4.31 Å². The van der Waals surface area contributed by atoms with E-state index in [4.69, 9.17) is 0 Å². The van der Waals surface area contributed by atoms with Gasteiger partial charge >= 0.3 is 5.97 Å². The molecule has 0 spiro atoms. The molecule has 2 fully saturated rings. The number of rotatable bonds is 3. The SMILES string of the molecule is COC(=O)c1ccccc1S(=O)(=O)N1CC2CCCC2C1. The van der Waals surface area contributed by atoms with Crippen LogP contribution >= 0.6 is 0 Å². The minimum atomic E-state index is -3.63. The van der Waals surface area contributed by atoms with Crippen molar-refractivity contribution >= 4 is 16.0 Å². The molecule has 2 unspecified atom stereocenters. The van der Waals surface area contributed by atoms with Gasteiger partial charge in [-0.2, -0.15) is 4.31 Å². The van der Waals surface area contributed by atoms with Gasteiger partial charge < -0.3 is 4.74 Å². The van der Waals surface area contributed by atoms with Gasteiger partial charge in [0.15, 0.2) is 0 Å². The highest BCUT2D eigenvalue weighted by Gasteiger charge is 2.42. The number of hydrogen-bond donors (Lipinski definition) is 0. The summed E-state index contributed by atoms with van der Waals surface area (Å²) >= 11 is 0. The van der Waals surface area contributed by atoms with Crippen LogP contribution in [0.25, 0.3) is 0 Å². The first-order chi connectivity index (χ1) is 10.0. The summed E-state index contributed by atoms with van der Waals surface area (Å²) in [5, 5.41) is 0. The van der Waals surface area contributed by atoms with Gasteiger partial charge in [-0.25, -0.2) is 13.2 Å². The Bertz CT molecular complexity index is 643. The van der Waals surface area contributed by atoms with E-state index in [0.29, 0.717) is 24.9 Å². The molecule has 2 atom stereocenters. The fraction of sp³-hybridized carbons (Fsp3) is 0.533. The first kappa shape index (κ1) is 14.5. The van der Waals surface area contributed by atoms with Crippen molar-refractivity contribution in [1.29, 1.82) is 0 Å².